The summed E-state index contributed by atoms with van der Waals surface area (Å²) in [5.41, 5.74) is -0.684. The maximum Gasteiger partial charge on any atom is 0.140 e. The quantitative estimate of drug-likeness (QED) is 0.775. The first kappa shape index (κ1) is 14.4. The van der Waals surface area contributed by atoms with Gasteiger partial charge < -0.3 is 15.2 Å². The van der Waals surface area contributed by atoms with Crippen molar-refractivity contribution in [2.24, 2.45) is 0 Å². The van der Waals surface area contributed by atoms with E-state index in [-0.39, 0.29) is 6.10 Å². The van der Waals surface area contributed by atoms with Gasteiger partial charge in [-0.2, -0.15) is 0 Å². The molecule has 106 valence electrons. The van der Waals surface area contributed by atoms with Gasteiger partial charge in [0.15, 0.2) is 0 Å². The molecule has 0 unspecified atom stereocenters. The molecule has 1 aliphatic heterocycles. The van der Waals surface area contributed by atoms with E-state index in [9.17, 15) is 5.11 Å². The summed E-state index contributed by atoms with van der Waals surface area (Å²) in [5, 5.41) is 14.2. The Morgan fingerprint density at radius 1 is 1.32 bits per heavy atom. The highest BCUT2D eigenvalue weighted by atomic mass is 16.5. The van der Waals surface area contributed by atoms with Crippen LogP contribution in [0.1, 0.15) is 39.0 Å². The molecule has 1 fully saturated rings. The van der Waals surface area contributed by atoms with Gasteiger partial charge in [0.1, 0.15) is 17.5 Å². The van der Waals surface area contributed by atoms with Gasteiger partial charge in [-0.25, -0.2) is 0 Å². The van der Waals surface area contributed by atoms with Gasteiger partial charge in [-0.3, -0.25) is 0 Å². The molecule has 0 saturated carbocycles. The minimum atomic E-state index is -0.684. The van der Waals surface area contributed by atoms with Gasteiger partial charge in [-0.05, 0) is 31.5 Å². The second-order valence-electron chi connectivity index (χ2n) is 5.43. The zero-order valence-electron chi connectivity index (χ0n) is 11.8. The summed E-state index contributed by atoms with van der Waals surface area (Å²) in [5.74, 6) is 0.838. The van der Waals surface area contributed by atoms with Gasteiger partial charge in [-0.15, -0.1) is 0 Å². The zero-order valence-corrected chi connectivity index (χ0v) is 11.8. The molecule has 3 nitrogen and oxygen atoms in total. The summed E-state index contributed by atoms with van der Waals surface area (Å²) in [6, 6.07) is 9.78. The average Bonchev–Trinajstić information content (AvgIpc) is 2.43. The van der Waals surface area contributed by atoms with Crippen LogP contribution >= 0.6 is 0 Å². The molecule has 1 heterocycles. The lowest BCUT2D eigenvalue weighted by atomic mass is 9.84. The van der Waals surface area contributed by atoms with E-state index in [2.05, 4.69) is 12.2 Å². The monoisotopic (exact) mass is 263 g/mol. The summed E-state index contributed by atoms with van der Waals surface area (Å²) < 4.78 is 5.99. The SMILES string of the molecule is CCCCC[C@]1(O)CCNC[C@@H]1Oc1ccccc1. The zero-order chi connectivity index (χ0) is 13.6. The number of rotatable bonds is 6. The van der Waals surface area contributed by atoms with Crippen LogP contribution in [0.15, 0.2) is 30.3 Å². The number of benzene rings is 1. The number of ether oxygens (including phenoxy) is 1. The summed E-state index contributed by atoms with van der Waals surface area (Å²) in [6.45, 7) is 3.78. The largest absolute Gasteiger partial charge is 0.486 e. The van der Waals surface area contributed by atoms with E-state index in [1.54, 1.807) is 0 Å². The molecule has 2 atom stereocenters. The number of piperidine rings is 1. The van der Waals surface area contributed by atoms with E-state index in [1.165, 1.54) is 12.8 Å². The molecule has 0 radical (unpaired) electrons. The molecular weight excluding hydrogens is 238 g/mol. The Labute approximate surface area is 116 Å². The molecule has 1 aromatic carbocycles. The van der Waals surface area contributed by atoms with Crippen molar-refractivity contribution in [1.82, 2.24) is 5.32 Å². The first-order valence-corrected chi connectivity index (χ1v) is 7.39. The molecule has 1 aliphatic rings. The lowest BCUT2D eigenvalue weighted by Gasteiger charge is -2.40. The average molecular weight is 263 g/mol. The Morgan fingerprint density at radius 2 is 2.11 bits per heavy atom. The van der Waals surface area contributed by atoms with E-state index in [0.717, 1.165) is 38.1 Å². The van der Waals surface area contributed by atoms with Crippen molar-refractivity contribution >= 4 is 0 Å². The molecule has 2 rings (SSSR count). The highest BCUT2D eigenvalue weighted by molar-refractivity contribution is 5.22. The van der Waals surface area contributed by atoms with Crippen molar-refractivity contribution in [2.45, 2.75) is 50.7 Å². The summed E-state index contributed by atoms with van der Waals surface area (Å²) >= 11 is 0. The van der Waals surface area contributed by atoms with Crippen molar-refractivity contribution in [3.8, 4) is 5.75 Å². The molecular formula is C16H25NO2. The second-order valence-corrected chi connectivity index (χ2v) is 5.43. The van der Waals surface area contributed by atoms with Crippen LogP contribution in [0, 0.1) is 0 Å². The number of aliphatic hydroxyl groups is 1. The van der Waals surface area contributed by atoms with Crippen LogP contribution in [0.4, 0.5) is 0 Å². The van der Waals surface area contributed by atoms with E-state index in [0.29, 0.717) is 0 Å². The number of para-hydroxylation sites is 1. The third-order valence-electron chi connectivity index (χ3n) is 3.90. The number of unbranched alkanes of at least 4 members (excludes halogenated alkanes) is 2. The van der Waals surface area contributed by atoms with Gasteiger partial charge in [0.25, 0.3) is 0 Å². The molecule has 0 bridgehead atoms. The van der Waals surface area contributed by atoms with Gasteiger partial charge in [-0.1, -0.05) is 44.4 Å². The van der Waals surface area contributed by atoms with Crippen LogP contribution in [0.2, 0.25) is 0 Å². The Kier molecular flexibility index (Phi) is 5.23. The van der Waals surface area contributed by atoms with Crippen LogP contribution in [0.3, 0.4) is 0 Å². The Bertz CT molecular complexity index is 368. The molecule has 0 aromatic heterocycles. The van der Waals surface area contributed by atoms with Crippen molar-refractivity contribution in [3.63, 3.8) is 0 Å². The number of nitrogens with one attached hydrogen (secondary N) is 1. The lowest BCUT2D eigenvalue weighted by molar-refractivity contribution is -0.0861. The third kappa shape index (κ3) is 3.95. The number of hydrogen-bond acceptors (Lipinski definition) is 3. The molecule has 3 heteroatoms. The first-order valence-electron chi connectivity index (χ1n) is 7.39. The van der Waals surface area contributed by atoms with Gasteiger partial charge >= 0.3 is 0 Å². The van der Waals surface area contributed by atoms with Crippen molar-refractivity contribution < 1.29 is 9.84 Å². The first-order chi connectivity index (χ1) is 9.24. The molecule has 19 heavy (non-hydrogen) atoms. The highest BCUT2D eigenvalue weighted by Gasteiger charge is 2.40. The van der Waals surface area contributed by atoms with Crippen molar-refractivity contribution in [3.05, 3.63) is 30.3 Å². The van der Waals surface area contributed by atoms with Gasteiger partial charge in [0, 0.05) is 6.54 Å². The van der Waals surface area contributed by atoms with E-state index < -0.39 is 5.60 Å². The van der Waals surface area contributed by atoms with Crippen LogP contribution in [-0.4, -0.2) is 29.9 Å². The van der Waals surface area contributed by atoms with Crippen molar-refractivity contribution in [2.75, 3.05) is 13.1 Å². The Morgan fingerprint density at radius 3 is 2.84 bits per heavy atom. The molecule has 1 saturated heterocycles. The topological polar surface area (TPSA) is 41.5 Å². The fourth-order valence-electron chi connectivity index (χ4n) is 2.67. The van der Waals surface area contributed by atoms with Crippen LogP contribution in [0.5, 0.6) is 5.75 Å². The van der Waals surface area contributed by atoms with Gasteiger partial charge in [0.05, 0.1) is 0 Å². The summed E-state index contributed by atoms with van der Waals surface area (Å²) in [7, 11) is 0. The lowest BCUT2D eigenvalue weighted by Crippen LogP contribution is -2.56. The fraction of sp³-hybridized carbons (Fsp3) is 0.625. The Balaban J connectivity index is 1.98. The molecule has 2 N–H and O–H groups in total. The molecule has 0 aliphatic carbocycles. The van der Waals surface area contributed by atoms with Crippen LogP contribution in [-0.2, 0) is 0 Å². The predicted octanol–water partition coefficient (Wildman–Crippen LogP) is 2.74. The molecule has 0 spiro atoms. The normalized spacial score (nSPS) is 27.2. The smallest absolute Gasteiger partial charge is 0.140 e. The minimum absolute atomic E-state index is 0.152. The third-order valence-corrected chi connectivity index (χ3v) is 3.90. The standard InChI is InChI=1S/C16H25NO2/c1-2-3-7-10-16(18)11-12-17-13-15(16)19-14-8-5-4-6-9-14/h4-6,8-9,15,17-18H,2-3,7,10-13H2,1H3/t15-,16-/m0/s1. The molecule has 0 amide bonds. The van der Waals surface area contributed by atoms with Gasteiger partial charge in [0.2, 0.25) is 0 Å². The number of hydrogen-bond donors (Lipinski definition) is 2. The maximum atomic E-state index is 10.9. The van der Waals surface area contributed by atoms with E-state index in [1.807, 2.05) is 30.3 Å². The maximum absolute atomic E-state index is 10.9. The van der Waals surface area contributed by atoms with Crippen LogP contribution in [0.25, 0.3) is 0 Å². The van der Waals surface area contributed by atoms with E-state index >= 15 is 0 Å². The second kappa shape index (κ2) is 6.92. The summed E-state index contributed by atoms with van der Waals surface area (Å²) in [4.78, 5) is 0. The molecule has 1 aromatic rings. The predicted molar refractivity (Wildman–Crippen MR) is 77.4 cm³/mol. The van der Waals surface area contributed by atoms with E-state index in [4.69, 9.17) is 4.74 Å². The van der Waals surface area contributed by atoms with Crippen molar-refractivity contribution in [1.29, 1.82) is 0 Å². The Hall–Kier alpha value is -1.06. The van der Waals surface area contributed by atoms with Crippen LogP contribution < -0.4 is 10.1 Å². The minimum Gasteiger partial charge on any atom is -0.486 e. The fourth-order valence-corrected chi connectivity index (χ4v) is 2.67. The highest BCUT2D eigenvalue weighted by Crippen LogP contribution is 2.28. The summed E-state index contributed by atoms with van der Waals surface area (Å²) in [6.07, 6.45) is 4.88.